The molecule has 108 valence electrons. The highest BCUT2D eigenvalue weighted by Gasteiger charge is 2.27. The largest absolute Gasteiger partial charge is 0.365 e. The Morgan fingerprint density at radius 2 is 1.90 bits per heavy atom. The van der Waals surface area contributed by atoms with Crippen LogP contribution in [0.15, 0.2) is 0 Å². The highest BCUT2D eigenvalue weighted by Crippen LogP contribution is 2.38. The Morgan fingerprint density at radius 3 is 2.50 bits per heavy atom. The number of carbonyl (C=O) groups excluding carboxylic acids is 3. The molecule has 1 aliphatic rings. The van der Waals surface area contributed by atoms with Gasteiger partial charge in [0.25, 0.3) is 5.91 Å². The summed E-state index contributed by atoms with van der Waals surface area (Å²) in [5, 5.41) is 5.37. The summed E-state index contributed by atoms with van der Waals surface area (Å²) in [5.41, 5.74) is 6.65. The van der Waals surface area contributed by atoms with Crippen molar-refractivity contribution in [2.24, 2.45) is 5.73 Å². The van der Waals surface area contributed by atoms with Crippen LogP contribution in [0.5, 0.6) is 0 Å². The molecule has 1 aromatic rings. The molecule has 0 unspecified atom stereocenters. The molecular formula is C13H17N3O3S. The zero-order valence-corrected chi connectivity index (χ0v) is 12.2. The van der Waals surface area contributed by atoms with E-state index in [-0.39, 0.29) is 6.04 Å². The third-order valence-corrected chi connectivity index (χ3v) is 4.23. The average molecular weight is 295 g/mol. The number of thiophene rings is 1. The third kappa shape index (κ3) is 2.82. The van der Waals surface area contributed by atoms with E-state index in [1.165, 1.54) is 11.3 Å². The first kappa shape index (κ1) is 14.5. The molecule has 1 aliphatic carbocycles. The molecule has 0 saturated heterocycles. The van der Waals surface area contributed by atoms with Crippen LogP contribution in [0.1, 0.15) is 41.1 Å². The van der Waals surface area contributed by atoms with E-state index in [0.717, 1.165) is 29.7 Å². The number of aryl methyl sites for hydroxylation is 1. The summed E-state index contributed by atoms with van der Waals surface area (Å²) in [5.74, 6) is -2.06. The van der Waals surface area contributed by atoms with Gasteiger partial charge in [0.1, 0.15) is 5.00 Å². The molecule has 0 spiro atoms. The SMILES string of the molecule is CC(C)NC(=O)C(=O)Nc1sc2c(c1C(N)=O)CCC2. The van der Waals surface area contributed by atoms with Gasteiger partial charge in [0, 0.05) is 10.9 Å². The second kappa shape index (κ2) is 5.62. The van der Waals surface area contributed by atoms with E-state index in [1.807, 2.05) is 0 Å². The molecule has 0 atom stereocenters. The molecule has 0 aliphatic heterocycles. The maximum absolute atomic E-state index is 11.8. The van der Waals surface area contributed by atoms with Gasteiger partial charge in [-0.15, -0.1) is 11.3 Å². The average Bonchev–Trinajstić information content (AvgIpc) is 2.86. The van der Waals surface area contributed by atoms with E-state index >= 15 is 0 Å². The number of amides is 3. The molecule has 2 rings (SSSR count). The van der Waals surface area contributed by atoms with Gasteiger partial charge in [-0.25, -0.2) is 0 Å². The fourth-order valence-corrected chi connectivity index (χ4v) is 3.53. The fourth-order valence-electron chi connectivity index (χ4n) is 2.24. The number of primary amides is 1. The molecule has 1 aromatic heterocycles. The van der Waals surface area contributed by atoms with Gasteiger partial charge >= 0.3 is 11.8 Å². The van der Waals surface area contributed by atoms with E-state index in [2.05, 4.69) is 10.6 Å². The Hall–Kier alpha value is -1.89. The van der Waals surface area contributed by atoms with E-state index in [1.54, 1.807) is 13.8 Å². The lowest BCUT2D eigenvalue weighted by Crippen LogP contribution is -2.39. The molecule has 0 radical (unpaired) electrons. The van der Waals surface area contributed by atoms with Crippen molar-refractivity contribution in [2.75, 3.05) is 5.32 Å². The summed E-state index contributed by atoms with van der Waals surface area (Å²) in [4.78, 5) is 36.0. The Labute approximate surface area is 120 Å². The van der Waals surface area contributed by atoms with Crippen molar-refractivity contribution in [1.29, 1.82) is 0 Å². The van der Waals surface area contributed by atoms with Crippen LogP contribution in [-0.4, -0.2) is 23.8 Å². The first-order chi connectivity index (χ1) is 9.40. The summed E-state index contributed by atoms with van der Waals surface area (Å²) in [7, 11) is 0. The number of nitrogens with one attached hydrogen (secondary N) is 2. The van der Waals surface area contributed by atoms with Crippen molar-refractivity contribution < 1.29 is 14.4 Å². The van der Waals surface area contributed by atoms with Crippen molar-refractivity contribution in [3.05, 3.63) is 16.0 Å². The standard InChI is InChI=1S/C13H17N3O3S/c1-6(2)15-11(18)12(19)16-13-9(10(14)17)7-4-3-5-8(7)20-13/h6H,3-5H2,1-2H3,(H2,14,17)(H,15,18)(H,16,19). The molecule has 0 aromatic carbocycles. The fraction of sp³-hybridized carbons (Fsp3) is 0.462. The number of fused-ring (bicyclic) bond motifs is 1. The minimum Gasteiger partial charge on any atom is -0.365 e. The molecule has 7 heteroatoms. The summed E-state index contributed by atoms with van der Waals surface area (Å²) in [6.45, 7) is 3.53. The van der Waals surface area contributed by atoms with Gasteiger partial charge in [-0.1, -0.05) is 0 Å². The molecule has 0 fully saturated rings. The predicted molar refractivity (Wildman–Crippen MR) is 76.8 cm³/mol. The second-order valence-corrected chi connectivity index (χ2v) is 6.11. The Morgan fingerprint density at radius 1 is 1.20 bits per heavy atom. The van der Waals surface area contributed by atoms with Crippen molar-refractivity contribution in [3.8, 4) is 0 Å². The monoisotopic (exact) mass is 295 g/mol. The van der Waals surface area contributed by atoms with Crippen molar-refractivity contribution in [1.82, 2.24) is 5.32 Å². The summed E-state index contributed by atoms with van der Waals surface area (Å²) < 4.78 is 0. The van der Waals surface area contributed by atoms with E-state index in [4.69, 9.17) is 5.73 Å². The first-order valence-corrected chi connectivity index (χ1v) is 7.28. The van der Waals surface area contributed by atoms with Gasteiger partial charge in [0.2, 0.25) is 0 Å². The first-order valence-electron chi connectivity index (χ1n) is 6.46. The number of anilines is 1. The molecule has 0 bridgehead atoms. The minimum atomic E-state index is -0.777. The van der Waals surface area contributed by atoms with Gasteiger partial charge in [-0.05, 0) is 38.7 Å². The zero-order chi connectivity index (χ0) is 14.9. The van der Waals surface area contributed by atoms with E-state index in [9.17, 15) is 14.4 Å². The maximum atomic E-state index is 11.8. The second-order valence-electron chi connectivity index (χ2n) is 5.01. The topological polar surface area (TPSA) is 101 Å². The van der Waals surface area contributed by atoms with E-state index < -0.39 is 17.7 Å². The Kier molecular flexibility index (Phi) is 4.08. The highest BCUT2D eigenvalue weighted by molar-refractivity contribution is 7.17. The number of hydrogen-bond acceptors (Lipinski definition) is 4. The van der Waals surface area contributed by atoms with Crippen LogP contribution in [0.2, 0.25) is 0 Å². The van der Waals surface area contributed by atoms with Crippen LogP contribution in [0.3, 0.4) is 0 Å². The van der Waals surface area contributed by atoms with Crippen molar-refractivity contribution >= 4 is 34.1 Å². The predicted octanol–water partition coefficient (Wildman–Crippen LogP) is 0.799. The van der Waals surface area contributed by atoms with Crippen LogP contribution in [-0.2, 0) is 22.4 Å². The van der Waals surface area contributed by atoms with E-state index in [0.29, 0.717) is 10.6 Å². The molecule has 4 N–H and O–H groups in total. The normalized spacial score (nSPS) is 13.2. The summed E-state index contributed by atoms with van der Waals surface area (Å²) in [6.07, 6.45) is 2.66. The van der Waals surface area contributed by atoms with Crippen molar-refractivity contribution in [3.63, 3.8) is 0 Å². The van der Waals surface area contributed by atoms with Crippen molar-refractivity contribution in [2.45, 2.75) is 39.2 Å². The number of nitrogens with two attached hydrogens (primary N) is 1. The smallest absolute Gasteiger partial charge is 0.314 e. The molecular weight excluding hydrogens is 278 g/mol. The number of carbonyl (C=O) groups is 3. The summed E-state index contributed by atoms with van der Waals surface area (Å²) in [6, 6.07) is -0.128. The highest BCUT2D eigenvalue weighted by atomic mass is 32.1. The van der Waals surface area contributed by atoms with Gasteiger partial charge in [0.05, 0.1) is 5.56 Å². The van der Waals surface area contributed by atoms with Gasteiger partial charge < -0.3 is 16.4 Å². The Balaban J connectivity index is 2.20. The van der Waals surface area contributed by atoms with Crippen LogP contribution in [0.25, 0.3) is 0 Å². The minimum absolute atomic E-state index is 0.128. The molecule has 6 nitrogen and oxygen atoms in total. The molecule has 0 saturated carbocycles. The number of rotatable bonds is 3. The van der Waals surface area contributed by atoms with Gasteiger partial charge in [-0.3, -0.25) is 14.4 Å². The van der Waals surface area contributed by atoms with Crippen LogP contribution in [0, 0.1) is 0 Å². The lowest BCUT2D eigenvalue weighted by Gasteiger charge is -2.08. The van der Waals surface area contributed by atoms with Crippen LogP contribution >= 0.6 is 11.3 Å². The molecule has 20 heavy (non-hydrogen) atoms. The van der Waals surface area contributed by atoms with Gasteiger partial charge in [-0.2, -0.15) is 0 Å². The lowest BCUT2D eigenvalue weighted by molar-refractivity contribution is -0.136. The van der Waals surface area contributed by atoms with Crippen LogP contribution in [0.4, 0.5) is 5.00 Å². The zero-order valence-electron chi connectivity index (χ0n) is 11.4. The lowest BCUT2D eigenvalue weighted by atomic mass is 10.1. The number of hydrogen-bond donors (Lipinski definition) is 3. The van der Waals surface area contributed by atoms with Crippen LogP contribution < -0.4 is 16.4 Å². The quantitative estimate of drug-likeness (QED) is 0.719. The Bertz CT molecular complexity index is 578. The molecule has 3 amide bonds. The molecule has 1 heterocycles. The van der Waals surface area contributed by atoms with Gasteiger partial charge in [0.15, 0.2) is 0 Å². The third-order valence-electron chi connectivity index (χ3n) is 3.02. The summed E-state index contributed by atoms with van der Waals surface area (Å²) >= 11 is 1.33. The maximum Gasteiger partial charge on any atom is 0.314 e.